The van der Waals surface area contributed by atoms with Crippen molar-refractivity contribution in [1.82, 2.24) is 0 Å². The van der Waals surface area contributed by atoms with E-state index >= 15 is 0 Å². The Labute approximate surface area is 54.4 Å². The molecule has 8 heavy (non-hydrogen) atoms. The van der Waals surface area contributed by atoms with E-state index in [2.05, 4.69) is 29.0 Å². The van der Waals surface area contributed by atoms with Crippen LogP contribution < -0.4 is 0 Å². The van der Waals surface area contributed by atoms with Gasteiger partial charge in [0.15, 0.2) is 0 Å². The minimum Gasteiger partial charge on any atom is -0.195 e. The second-order valence-corrected chi connectivity index (χ2v) is 1.30. The third-order valence-electron chi connectivity index (χ3n) is 0.680. The van der Waals surface area contributed by atoms with Crippen LogP contribution in [0.3, 0.4) is 0 Å². The summed E-state index contributed by atoms with van der Waals surface area (Å²) in [6.45, 7) is 5.37. The van der Waals surface area contributed by atoms with Crippen LogP contribution in [-0.4, -0.2) is 5.16 Å². The molecule has 0 bridgehead atoms. The number of hydrogen-bond donors (Lipinski definition) is 0. The number of isothiocyanates is 1. The summed E-state index contributed by atoms with van der Waals surface area (Å²) in [6.07, 6.45) is 3.44. The van der Waals surface area contributed by atoms with E-state index in [-0.39, 0.29) is 0 Å². The Morgan fingerprint density at radius 2 is 2.50 bits per heavy atom. The first-order valence-corrected chi connectivity index (χ1v) is 2.62. The summed E-state index contributed by atoms with van der Waals surface area (Å²) in [5, 5.41) is 2.24. The Morgan fingerprint density at radius 1 is 1.88 bits per heavy atom. The molecule has 42 valence electrons. The van der Waals surface area contributed by atoms with Crippen molar-refractivity contribution in [3.05, 3.63) is 24.4 Å². The maximum absolute atomic E-state index is 4.36. The van der Waals surface area contributed by atoms with Crippen molar-refractivity contribution in [3.8, 4) is 0 Å². The van der Waals surface area contributed by atoms with Crippen LogP contribution in [0.5, 0.6) is 0 Å². The van der Waals surface area contributed by atoms with Gasteiger partial charge in [0.05, 0.1) is 10.9 Å². The summed E-state index contributed by atoms with van der Waals surface area (Å²) < 4.78 is 0. The summed E-state index contributed by atoms with van der Waals surface area (Å²) in [5.41, 5.74) is 0.764. The van der Waals surface area contributed by atoms with Crippen LogP contribution in [0.15, 0.2) is 29.4 Å². The van der Waals surface area contributed by atoms with Gasteiger partial charge in [0.25, 0.3) is 0 Å². The minimum absolute atomic E-state index is 0.764. The topological polar surface area (TPSA) is 12.4 Å². The molecule has 2 heteroatoms. The van der Waals surface area contributed by atoms with Crippen molar-refractivity contribution >= 4 is 17.4 Å². The molecule has 0 aromatic rings. The molecule has 0 aliphatic heterocycles. The molecule has 0 heterocycles. The Hall–Kier alpha value is -0.720. The first-order valence-electron chi connectivity index (χ1n) is 2.21. The van der Waals surface area contributed by atoms with Crippen molar-refractivity contribution in [1.29, 1.82) is 0 Å². The summed E-state index contributed by atoms with van der Waals surface area (Å²) in [7, 11) is 0. The number of aliphatic imine (C=N–C) groups is 1. The highest BCUT2D eigenvalue weighted by molar-refractivity contribution is 7.78. The molecule has 0 aromatic carbocycles. The van der Waals surface area contributed by atoms with Gasteiger partial charge in [-0.3, -0.25) is 0 Å². The maximum atomic E-state index is 4.36. The van der Waals surface area contributed by atoms with E-state index in [1.165, 1.54) is 0 Å². The molecule has 0 spiro atoms. The highest BCUT2D eigenvalue weighted by Gasteiger charge is 1.75. The summed E-state index contributed by atoms with van der Waals surface area (Å²) >= 11 is 4.36. The van der Waals surface area contributed by atoms with Gasteiger partial charge in [-0.2, -0.15) is 4.99 Å². The van der Waals surface area contributed by atoms with E-state index in [0.717, 1.165) is 5.70 Å². The third kappa shape index (κ3) is 2.45. The van der Waals surface area contributed by atoms with Gasteiger partial charge in [-0.1, -0.05) is 12.7 Å². The maximum Gasteiger partial charge on any atom is 0.0691 e. The fourth-order valence-electron chi connectivity index (χ4n) is 0.281. The Kier molecular flexibility index (Phi) is 4.04. The molecule has 0 rings (SSSR count). The highest BCUT2D eigenvalue weighted by Crippen LogP contribution is 1.93. The normalized spacial score (nSPS) is 9.88. The Balaban J connectivity index is 4.12. The molecule has 0 N–H and O–H groups in total. The second-order valence-electron chi connectivity index (χ2n) is 1.12. The molecule has 0 fully saturated rings. The molecule has 0 radical (unpaired) electrons. The number of nitrogens with zero attached hydrogens (tertiary/aromatic N) is 1. The first-order chi connectivity index (χ1) is 3.85. The van der Waals surface area contributed by atoms with E-state index < -0.39 is 0 Å². The van der Waals surface area contributed by atoms with Crippen LogP contribution in [-0.2, 0) is 0 Å². The molecular formula is C6H7NS. The minimum atomic E-state index is 0.764. The fourth-order valence-corrected chi connectivity index (χ4v) is 0.386. The Bertz CT molecular complexity index is 152. The van der Waals surface area contributed by atoms with Crippen molar-refractivity contribution in [3.63, 3.8) is 0 Å². The lowest BCUT2D eigenvalue weighted by molar-refractivity contribution is 1.41. The largest absolute Gasteiger partial charge is 0.195 e. The van der Waals surface area contributed by atoms with Crippen LogP contribution in [0, 0.1) is 0 Å². The van der Waals surface area contributed by atoms with Crippen molar-refractivity contribution < 1.29 is 0 Å². The summed E-state index contributed by atoms with van der Waals surface area (Å²) in [6, 6.07) is 0. The van der Waals surface area contributed by atoms with Crippen LogP contribution in [0.1, 0.15) is 6.92 Å². The average molecular weight is 125 g/mol. The lowest BCUT2D eigenvalue weighted by atomic mass is 10.4. The van der Waals surface area contributed by atoms with Gasteiger partial charge in [-0.05, 0) is 25.2 Å². The zero-order valence-corrected chi connectivity index (χ0v) is 5.53. The average Bonchev–Trinajstić information content (AvgIpc) is 1.83. The van der Waals surface area contributed by atoms with Gasteiger partial charge in [-0.15, -0.1) is 0 Å². The number of rotatable bonds is 2. The van der Waals surface area contributed by atoms with Gasteiger partial charge in [0, 0.05) is 0 Å². The van der Waals surface area contributed by atoms with E-state index in [9.17, 15) is 0 Å². The van der Waals surface area contributed by atoms with Crippen LogP contribution in [0.4, 0.5) is 0 Å². The molecule has 0 atom stereocenters. The molecule has 0 amide bonds. The molecule has 1 nitrogen and oxygen atoms in total. The van der Waals surface area contributed by atoms with Crippen molar-refractivity contribution in [2.24, 2.45) is 4.99 Å². The van der Waals surface area contributed by atoms with Crippen LogP contribution in [0.2, 0.25) is 0 Å². The smallest absolute Gasteiger partial charge is 0.0691 e. The summed E-state index contributed by atoms with van der Waals surface area (Å²) in [4.78, 5) is 3.67. The molecular weight excluding hydrogens is 118 g/mol. The van der Waals surface area contributed by atoms with Crippen LogP contribution >= 0.6 is 12.2 Å². The molecule has 0 unspecified atom stereocenters. The second kappa shape index (κ2) is 4.44. The van der Waals surface area contributed by atoms with E-state index in [1.807, 2.05) is 13.0 Å². The van der Waals surface area contributed by atoms with Gasteiger partial charge in [0.2, 0.25) is 0 Å². The fraction of sp³-hybridized carbons (Fsp3) is 0.167. The molecule has 0 aliphatic carbocycles. The predicted octanol–water partition coefficient (Wildman–Crippen LogP) is 2.18. The van der Waals surface area contributed by atoms with E-state index in [4.69, 9.17) is 0 Å². The SMILES string of the molecule is C=CC(=CC)N=C=S. The summed E-state index contributed by atoms with van der Waals surface area (Å²) in [5.74, 6) is 0. The highest BCUT2D eigenvalue weighted by atomic mass is 32.1. The van der Waals surface area contributed by atoms with Gasteiger partial charge < -0.3 is 0 Å². The number of thiocarbonyl (C=S) groups is 1. The van der Waals surface area contributed by atoms with E-state index in [0.29, 0.717) is 0 Å². The number of hydrogen-bond acceptors (Lipinski definition) is 2. The van der Waals surface area contributed by atoms with Crippen molar-refractivity contribution in [2.45, 2.75) is 6.92 Å². The zero-order valence-electron chi connectivity index (χ0n) is 4.72. The van der Waals surface area contributed by atoms with Crippen LogP contribution in [0.25, 0.3) is 0 Å². The standard InChI is InChI=1S/C6H7NS/c1-3-6(4-2)7-5-8/h3-4H,1H2,2H3. The van der Waals surface area contributed by atoms with Gasteiger partial charge in [0.1, 0.15) is 0 Å². The van der Waals surface area contributed by atoms with Crippen molar-refractivity contribution in [2.75, 3.05) is 0 Å². The Morgan fingerprint density at radius 3 is 2.62 bits per heavy atom. The lowest BCUT2D eigenvalue weighted by Crippen LogP contribution is -1.64. The van der Waals surface area contributed by atoms with Gasteiger partial charge in [-0.25, -0.2) is 0 Å². The first kappa shape index (κ1) is 7.28. The monoisotopic (exact) mass is 125 g/mol. The lowest BCUT2D eigenvalue weighted by Gasteiger charge is -1.81. The molecule has 0 aromatic heterocycles. The predicted molar refractivity (Wildman–Crippen MR) is 39.0 cm³/mol. The quantitative estimate of drug-likeness (QED) is 0.313. The molecule has 0 aliphatic rings. The van der Waals surface area contributed by atoms with E-state index in [1.54, 1.807) is 6.08 Å². The third-order valence-corrected chi connectivity index (χ3v) is 0.771. The zero-order chi connectivity index (χ0) is 6.41. The number of allylic oxidation sites excluding steroid dienone is 2. The molecule has 0 saturated carbocycles. The van der Waals surface area contributed by atoms with Gasteiger partial charge >= 0.3 is 0 Å². The molecule has 0 saturated heterocycles.